The topological polar surface area (TPSA) is 54.0 Å². The lowest BCUT2D eigenvalue weighted by atomic mass is 9.92. The largest absolute Gasteiger partial charge is 0.326 e. The molecule has 6 heteroatoms. The lowest BCUT2D eigenvalue weighted by molar-refractivity contribution is -0.118. The number of hydrogen-bond donors (Lipinski definition) is 2. The van der Waals surface area contributed by atoms with Gasteiger partial charge in [-0.3, -0.25) is 9.78 Å². The Balaban J connectivity index is 0.00000113. The van der Waals surface area contributed by atoms with Crippen LogP contribution >= 0.6 is 24.8 Å². The van der Waals surface area contributed by atoms with Gasteiger partial charge in [0.25, 0.3) is 0 Å². The van der Waals surface area contributed by atoms with Crippen LogP contribution in [0.5, 0.6) is 0 Å². The zero-order valence-corrected chi connectivity index (χ0v) is 15.5. The Hall–Kier alpha value is -1.62. The molecule has 2 N–H and O–H groups in total. The van der Waals surface area contributed by atoms with Gasteiger partial charge in [-0.2, -0.15) is 0 Å². The van der Waals surface area contributed by atoms with Gasteiger partial charge < -0.3 is 10.6 Å². The molecule has 2 heterocycles. The molecule has 2 aromatic rings. The van der Waals surface area contributed by atoms with Crippen molar-refractivity contribution in [2.24, 2.45) is 11.3 Å². The minimum atomic E-state index is 0. The summed E-state index contributed by atoms with van der Waals surface area (Å²) in [6.07, 6.45) is 5.04. The number of aromatic nitrogens is 1. The van der Waals surface area contributed by atoms with Crippen LogP contribution in [0.4, 0.5) is 5.69 Å². The summed E-state index contributed by atoms with van der Waals surface area (Å²) >= 11 is 0. The van der Waals surface area contributed by atoms with E-state index < -0.39 is 0 Å². The molecule has 1 aromatic heterocycles. The SMILES string of the molecule is Cl.Cl.O=C(Nc1ccnc(-c2ccccc2)c1)C1CC12CCNCC2. The van der Waals surface area contributed by atoms with Crippen LogP contribution in [0.15, 0.2) is 48.7 Å². The number of piperidine rings is 1. The maximum absolute atomic E-state index is 12.5. The van der Waals surface area contributed by atoms with Crippen LogP contribution in [-0.2, 0) is 4.79 Å². The number of halogens is 2. The van der Waals surface area contributed by atoms with E-state index in [9.17, 15) is 4.79 Å². The van der Waals surface area contributed by atoms with E-state index >= 15 is 0 Å². The van der Waals surface area contributed by atoms with E-state index in [0.29, 0.717) is 0 Å². The van der Waals surface area contributed by atoms with Gasteiger partial charge in [0.2, 0.25) is 5.91 Å². The highest BCUT2D eigenvalue weighted by atomic mass is 35.5. The van der Waals surface area contributed by atoms with Gasteiger partial charge in [0, 0.05) is 23.4 Å². The molecule has 2 fully saturated rings. The van der Waals surface area contributed by atoms with Crippen LogP contribution in [0.25, 0.3) is 11.3 Å². The summed E-state index contributed by atoms with van der Waals surface area (Å²) < 4.78 is 0. The van der Waals surface area contributed by atoms with E-state index in [4.69, 9.17) is 0 Å². The van der Waals surface area contributed by atoms with Gasteiger partial charge in [-0.1, -0.05) is 30.3 Å². The fraction of sp³-hybridized carbons (Fsp3) is 0.368. The first-order valence-electron chi connectivity index (χ1n) is 8.30. The molecular formula is C19H23Cl2N3O. The molecule has 1 aliphatic heterocycles. The molecule has 1 amide bonds. The molecule has 4 nitrogen and oxygen atoms in total. The molecule has 1 aliphatic carbocycles. The summed E-state index contributed by atoms with van der Waals surface area (Å²) in [5, 5.41) is 6.46. The highest BCUT2D eigenvalue weighted by Gasteiger charge is 2.57. The summed E-state index contributed by atoms with van der Waals surface area (Å²) in [6.45, 7) is 2.08. The van der Waals surface area contributed by atoms with Crippen molar-refractivity contribution in [2.45, 2.75) is 19.3 Å². The molecule has 1 unspecified atom stereocenters. The molecule has 4 rings (SSSR count). The van der Waals surface area contributed by atoms with Gasteiger partial charge in [-0.25, -0.2) is 0 Å². The number of rotatable bonds is 3. The van der Waals surface area contributed by atoms with E-state index in [-0.39, 0.29) is 42.1 Å². The standard InChI is InChI=1S/C19H21N3O.2ClH/c23-18(16-13-19(16)7-10-20-11-8-19)22-15-6-9-21-17(12-15)14-4-2-1-3-5-14;;/h1-6,9,12,16,20H,7-8,10-11,13H2,(H,21,22,23);2*1H. The molecular weight excluding hydrogens is 357 g/mol. The van der Waals surface area contributed by atoms with Crippen LogP contribution in [0.1, 0.15) is 19.3 Å². The highest BCUT2D eigenvalue weighted by Crippen LogP contribution is 2.58. The van der Waals surface area contributed by atoms with Crippen molar-refractivity contribution in [1.82, 2.24) is 10.3 Å². The Bertz CT molecular complexity index is 718. The van der Waals surface area contributed by atoms with Crippen molar-refractivity contribution < 1.29 is 4.79 Å². The minimum Gasteiger partial charge on any atom is -0.326 e. The van der Waals surface area contributed by atoms with Crippen LogP contribution in [0, 0.1) is 11.3 Å². The van der Waals surface area contributed by atoms with Crippen LogP contribution < -0.4 is 10.6 Å². The van der Waals surface area contributed by atoms with E-state index in [1.807, 2.05) is 42.5 Å². The van der Waals surface area contributed by atoms with Crippen molar-refractivity contribution in [3.63, 3.8) is 0 Å². The lowest BCUT2D eigenvalue weighted by Gasteiger charge is -2.23. The van der Waals surface area contributed by atoms with E-state index in [2.05, 4.69) is 15.6 Å². The number of nitrogens with zero attached hydrogens (tertiary/aromatic N) is 1. The molecule has 1 saturated heterocycles. The Labute approximate surface area is 160 Å². The van der Waals surface area contributed by atoms with Crippen molar-refractivity contribution in [1.29, 1.82) is 0 Å². The zero-order valence-electron chi connectivity index (χ0n) is 13.9. The second kappa shape index (κ2) is 8.17. The number of benzene rings is 1. The van der Waals surface area contributed by atoms with Gasteiger partial charge in [0.15, 0.2) is 0 Å². The third kappa shape index (κ3) is 4.14. The predicted octanol–water partition coefficient (Wildman–Crippen LogP) is 3.92. The second-order valence-corrected chi connectivity index (χ2v) is 6.65. The molecule has 2 aliphatic rings. The van der Waals surface area contributed by atoms with Crippen molar-refractivity contribution >= 4 is 36.4 Å². The molecule has 0 bridgehead atoms. The normalized spacial score (nSPS) is 20.1. The molecule has 1 saturated carbocycles. The first-order valence-corrected chi connectivity index (χ1v) is 8.30. The van der Waals surface area contributed by atoms with Gasteiger partial charge >= 0.3 is 0 Å². The van der Waals surface area contributed by atoms with Crippen molar-refractivity contribution in [2.75, 3.05) is 18.4 Å². The monoisotopic (exact) mass is 379 g/mol. The van der Waals surface area contributed by atoms with E-state index in [1.165, 1.54) is 0 Å². The fourth-order valence-corrected chi connectivity index (χ4v) is 3.70. The molecule has 1 spiro atoms. The van der Waals surface area contributed by atoms with Gasteiger partial charge in [0.05, 0.1) is 5.69 Å². The van der Waals surface area contributed by atoms with Gasteiger partial charge in [-0.15, -0.1) is 24.8 Å². The molecule has 134 valence electrons. The zero-order chi connectivity index (χ0) is 15.7. The fourth-order valence-electron chi connectivity index (χ4n) is 3.70. The maximum Gasteiger partial charge on any atom is 0.228 e. The van der Waals surface area contributed by atoms with Crippen molar-refractivity contribution in [3.05, 3.63) is 48.7 Å². The number of pyridine rings is 1. The summed E-state index contributed by atoms with van der Waals surface area (Å²) in [6, 6.07) is 13.8. The number of carbonyl (C=O) groups excluding carboxylic acids is 1. The van der Waals surface area contributed by atoms with E-state index in [0.717, 1.165) is 49.3 Å². The van der Waals surface area contributed by atoms with Crippen LogP contribution in [0.2, 0.25) is 0 Å². The predicted molar refractivity (Wildman–Crippen MR) is 105 cm³/mol. The molecule has 1 atom stereocenters. The average molecular weight is 380 g/mol. The highest BCUT2D eigenvalue weighted by molar-refractivity contribution is 5.95. The first kappa shape index (κ1) is 19.7. The quantitative estimate of drug-likeness (QED) is 0.849. The van der Waals surface area contributed by atoms with E-state index in [1.54, 1.807) is 6.20 Å². The first-order chi connectivity index (χ1) is 11.3. The molecule has 1 aromatic carbocycles. The Kier molecular flexibility index (Phi) is 6.44. The Morgan fingerprint density at radius 3 is 2.56 bits per heavy atom. The summed E-state index contributed by atoms with van der Waals surface area (Å²) in [7, 11) is 0. The number of anilines is 1. The van der Waals surface area contributed by atoms with Crippen LogP contribution in [0.3, 0.4) is 0 Å². The Morgan fingerprint density at radius 2 is 1.84 bits per heavy atom. The summed E-state index contributed by atoms with van der Waals surface area (Å²) in [4.78, 5) is 16.9. The smallest absolute Gasteiger partial charge is 0.228 e. The maximum atomic E-state index is 12.5. The average Bonchev–Trinajstić information content (AvgIpc) is 3.30. The molecule has 25 heavy (non-hydrogen) atoms. The van der Waals surface area contributed by atoms with Gasteiger partial charge in [0.1, 0.15) is 0 Å². The van der Waals surface area contributed by atoms with Crippen LogP contribution in [-0.4, -0.2) is 24.0 Å². The minimum absolute atomic E-state index is 0. The second-order valence-electron chi connectivity index (χ2n) is 6.65. The Morgan fingerprint density at radius 1 is 1.12 bits per heavy atom. The number of amides is 1. The van der Waals surface area contributed by atoms with Gasteiger partial charge in [-0.05, 0) is 49.9 Å². The summed E-state index contributed by atoms with van der Waals surface area (Å²) in [5.74, 6) is 0.343. The number of hydrogen-bond acceptors (Lipinski definition) is 3. The van der Waals surface area contributed by atoms with Crippen molar-refractivity contribution in [3.8, 4) is 11.3 Å². The number of carbonyl (C=O) groups is 1. The summed E-state index contributed by atoms with van der Waals surface area (Å²) in [5.41, 5.74) is 3.05. The molecule has 0 radical (unpaired) electrons. The number of nitrogens with one attached hydrogen (secondary N) is 2. The third-order valence-corrected chi connectivity index (χ3v) is 5.20. The lowest BCUT2D eigenvalue weighted by Crippen LogP contribution is -2.31. The third-order valence-electron chi connectivity index (χ3n) is 5.20.